The molecular weight excluding hydrogens is 298 g/mol. The zero-order valence-electron chi connectivity index (χ0n) is 11.4. The number of aromatic nitrogens is 1. The highest BCUT2D eigenvalue weighted by Gasteiger charge is 2.10. The van der Waals surface area contributed by atoms with Crippen molar-refractivity contribution in [1.82, 2.24) is 4.57 Å². The van der Waals surface area contributed by atoms with Gasteiger partial charge in [0, 0.05) is 33.7 Å². The van der Waals surface area contributed by atoms with Crippen molar-refractivity contribution in [3.05, 3.63) is 47.5 Å². The van der Waals surface area contributed by atoms with Crippen molar-refractivity contribution < 1.29 is 0 Å². The maximum atomic E-state index is 3.53. The molecule has 0 atom stereocenters. The van der Waals surface area contributed by atoms with Crippen LogP contribution < -0.4 is 0 Å². The fourth-order valence-corrected chi connectivity index (χ4v) is 3.04. The Morgan fingerprint density at radius 1 is 0.895 bits per heavy atom. The molecule has 0 spiro atoms. The van der Waals surface area contributed by atoms with Gasteiger partial charge in [0.05, 0.1) is 0 Å². The van der Waals surface area contributed by atoms with E-state index >= 15 is 0 Å². The van der Waals surface area contributed by atoms with Crippen LogP contribution in [0, 0.1) is 13.8 Å². The maximum Gasteiger partial charge on any atom is 0.0491 e. The SMILES string of the molecule is Cc1ccc2c(c1)c1cc(C)ccc1n2CCCBr. The molecule has 2 heteroatoms. The van der Waals surface area contributed by atoms with Crippen molar-refractivity contribution in [3.8, 4) is 0 Å². The molecule has 0 saturated heterocycles. The quantitative estimate of drug-likeness (QED) is 0.586. The molecule has 1 nitrogen and oxygen atoms in total. The Labute approximate surface area is 122 Å². The third-order valence-corrected chi connectivity index (χ3v) is 4.25. The largest absolute Gasteiger partial charge is 0.340 e. The van der Waals surface area contributed by atoms with Crippen LogP contribution in [-0.2, 0) is 6.54 Å². The third-order valence-electron chi connectivity index (χ3n) is 3.69. The zero-order valence-corrected chi connectivity index (χ0v) is 13.0. The van der Waals surface area contributed by atoms with Crippen molar-refractivity contribution in [3.63, 3.8) is 0 Å². The van der Waals surface area contributed by atoms with E-state index in [1.165, 1.54) is 32.9 Å². The van der Waals surface area contributed by atoms with Crippen LogP contribution in [0.3, 0.4) is 0 Å². The second-order valence-corrected chi connectivity index (χ2v) is 6.03. The number of aryl methyl sites for hydroxylation is 3. The summed E-state index contributed by atoms with van der Waals surface area (Å²) in [5.41, 5.74) is 5.36. The van der Waals surface area contributed by atoms with Gasteiger partial charge in [-0.25, -0.2) is 0 Å². The summed E-state index contributed by atoms with van der Waals surface area (Å²) in [6, 6.07) is 13.5. The number of hydrogen-bond acceptors (Lipinski definition) is 0. The monoisotopic (exact) mass is 315 g/mol. The Balaban J connectivity index is 2.36. The number of nitrogens with zero attached hydrogens (tertiary/aromatic N) is 1. The van der Waals surface area contributed by atoms with Gasteiger partial charge in [-0.05, 0) is 44.5 Å². The molecule has 0 aliphatic rings. The highest BCUT2D eigenvalue weighted by Crippen LogP contribution is 2.30. The predicted octanol–water partition coefficient (Wildman–Crippen LogP) is 5.20. The van der Waals surface area contributed by atoms with Crippen molar-refractivity contribution in [2.24, 2.45) is 0 Å². The molecular formula is C17H18BrN. The summed E-state index contributed by atoms with van der Waals surface area (Å²) < 4.78 is 2.45. The van der Waals surface area contributed by atoms with E-state index in [2.05, 4.69) is 70.7 Å². The van der Waals surface area contributed by atoms with E-state index in [4.69, 9.17) is 0 Å². The van der Waals surface area contributed by atoms with Crippen LogP contribution in [0.1, 0.15) is 17.5 Å². The number of rotatable bonds is 3. The van der Waals surface area contributed by atoms with Crippen LogP contribution in [0.25, 0.3) is 21.8 Å². The fraction of sp³-hybridized carbons (Fsp3) is 0.294. The van der Waals surface area contributed by atoms with Gasteiger partial charge in [0.25, 0.3) is 0 Å². The number of alkyl halides is 1. The van der Waals surface area contributed by atoms with Gasteiger partial charge in [-0.2, -0.15) is 0 Å². The molecule has 3 aromatic rings. The van der Waals surface area contributed by atoms with Gasteiger partial charge in [0.2, 0.25) is 0 Å². The first-order valence-corrected chi connectivity index (χ1v) is 7.88. The molecule has 98 valence electrons. The van der Waals surface area contributed by atoms with Gasteiger partial charge in [0.1, 0.15) is 0 Å². The summed E-state index contributed by atoms with van der Waals surface area (Å²) in [7, 11) is 0. The minimum absolute atomic E-state index is 1.05. The number of hydrogen-bond donors (Lipinski definition) is 0. The van der Waals surface area contributed by atoms with Crippen LogP contribution in [0.4, 0.5) is 0 Å². The van der Waals surface area contributed by atoms with Gasteiger partial charge in [0.15, 0.2) is 0 Å². The average Bonchev–Trinajstić information content (AvgIpc) is 2.69. The van der Waals surface area contributed by atoms with Gasteiger partial charge < -0.3 is 4.57 Å². The number of benzene rings is 2. The maximum absolute atomic E-state index is 3.53. The van der Waals surface area contributed by atoms with E-state index in [1.807, 2.05) is 0 Å². The lowest BCUT2D eigenvalue weighted by atomic mass is 10.1. The fourth-order valence-electron chi connectivity index (χ4n) is 2.79. The zero-order chi connectivity index (χ0) is 13.4. The molecule has 0 aliphatic heterocycles. The normalized spacial score (nSPS) is 11.5. The van der Waals surface area contributed by atoms with E-state index in [0.29, 0.717) is 0 Å². The van der Waals surface area contributed by atoms with Crippen molar-refractivity contribution in [1.29, 1.82) is 0 Å². The van der Waals surface area contributed by atoms with Gasteiger partial charge >= 0.3 is 0 Å². The molecule has 19 heavy (non-hydrogen) atoms. The summed E-state index contributed by atoms with van der Waals surface area (Å²) >= 11 is 3.53. The highest BCUT2D eigenvalue weighted by molar-refractivity contribution is 9.09. The van der Waals surface area contributed by atoms with Crippen molar-refractivity contribution in [2.75, 3.05) is 5.33 Å². The summed E-state index contributed by atoms with van der Waals surface area (Å²) in [5, 5.41) is 3.81. The number of halogens is 1. The molecule has 0 fully saturated rings. The van der Waals surface area contributed by atoms with E-state index < -0.39 is 0 Å². The molecule has 0 bridgehead atoms. The Morgan fingerprint density at radius 2 is 1.42 bits per heavy atom. The van der Waals surface area contributed by atoms with Gasteiger partial charge in [-0.3, -0.25) is 0 Å². The Bertz CT molecular complexity index is 680. The molecule has 0 N–H and O–H groups in total. The minimum atomic E-state index is 1.05. The first-order chi connectivity index (χ1) is 9.20. The molecule has 3 rings (SSSR count). The minimum Gasteiger partial charge on any atom is -0.340 e. The predicted molar refractivity (Wildman–Crippen MR) is 87.3 cm³/mol. The molecule has 2 aromatic carbocycles. The van der Waals surface area contributed by atoms with Crippen LogP contribution in [-0.4, -0.2) is 9.90 Å². The average molecular weight is 316 g/mol. The van der Waals surface area contributed by atoms with Crippen molar-refractivity contribution >= 4 is 37.7 Å². The van der Waals surface area contributed by atoms with Gasteiger partial charge in [-0.15, -0.1) is 0 Å². The lowest BCUT2D eigenvalue weighted by Gasteiger charge is -2.06. The summed E-state index contributed by atoms with van der Waals surface area (Å²) in [4.78, 5) is 0. The second kappa shape index (κ2) is 5.01. The van der Waals surface area contributed by atoms with Crippen LogP contribution in [0.5, 0.6) is 0 Å². The van der Waals surface area contributed by atoms with E-state index in [9.17, 15) is 0 Å². The van der Waals surface area contributed by atoms with Gasteiger partial charge in [-0.1, -0.05) is 39.2 Å². The van der Waals surface area contributed by atoms with E-state index in [1.54, 1.807) is 0 Å². The van der Waals surface area contributed by atoms with Crippen molar-refractivity contribution in [2.45, 2.75) is 26.8 Å². The molecule has 0 amide bonds. The first-order valence-electron chi connectivity index (χ1n) is 6.76. The van der Waals surface area contributed by atoms with E-state index in [0.717, 1.165) is 18.3 Å². The number of fused-ring (bicyclic) bond motifs is 3. The Hall–Kier alpha value is -1.28. The summed E-state index contributed by atoms with van der Waals surface area (Å²) in [6.45, 7) is 5.39. The lowest BCUT2D eigenvalue weighted by Crippen LogP contribution is -1.97. The smallest absolute Gasteiger partial charge is 0.0491 e. The first kappa shape index (κ1) is 12.7. The van der Waals surface area contributed by atoms with E-state index in [-0.39, 0.29) is 0 Å². The second-order valence-electron chi connectivity index (χ2n) is 5.24. The van der Waals surface area contributed by atoms with Crippen LogP contribution >= 0.6 is 15.9 Å². The Kier molecular flexibility index (Phi) is 3.36. The third kappa shape index (κ3) is 2.18. The topological polar surface area (TPSA) is 4.93 Å². The molecule has 0 unspecified atom stereocenters. The molecule has 0 aliphatic carbocycles. The molecule has 1 aromatic heterocycles. The molecule has 0 radical (unpaired) electrons. The van der Waals surface area contributed by atoms with Crippen LogP contribution in [0.2, 0.25) is 0 Å². The highest BCUT2D eigenvalue weighted by atomic mass is 79.9. The lowest BCUT2D eigenvalue weighted by molar-refractivity contribution is 0.732. The standard InChI is InChI=1S/C17H18BrN/c1-12-4-6-16-14(10-12)15-11-13(2)5-7-17(15)19(16)9-3-8-18/h4-7,10-11H,3,8-9H2,1-2H3. The molecule has 1 heterocycles. The van der Waals surface area contributed by atoms with Crippen LogP contribution in [0.15, 0.2) is 36.4 Å². The molecule has 0 saturated carbocycles. The summed E-state index contributed by atoms with van der Waals surface area (Å²) in [5.74, 6) is 0. The Morgan fingerprint density at radius 3 is 1.89 bits per heavy atom. The summed E-state index contributed by atoms with van der Waals surface area (Å²) in [6.07, 6.45) is 1.15.